The molecule has 0 saturated carbocycles. The van der Waals surface area contributed by atoms with E-state index in [1.165, 1.54) is 70.9 Å². The van der Waals surface area contributed by atoms with E-state index in [9.17, 15) is 5.26 Å². The Bertz CT molecular complexity index is 2020. The summed E-state index contributed by atoms with van der Waals surface area (Å²) < 4.78 is 4.70. The molecule has 3 nitrogen and oxygen atoms in total. The third kappa shape index (κ3) is 2.11. The first-order chi connectivity index (χ1) is 16.0. The van der Waals surface area contributed by atoms with Crippen LogP contribution in [0.1, 0.15) is 22.3 Å². The number of fused-ring (bicyclic) bond motifs is 7. The zero-order valence-electron chi connectivity index (χ0n) is 19.1. The van der Waals surface area contributed by atoms with Crippen LogP contribution in [0.5, 0.6) is 0 Å². The predicted molar refractivity (Wildman–Crippen MR) is 136 cm³/mol. The van der Waals surface area contributed by atoms with Crippen LogP contribution in [0.4, 0.5) is 0 Å². The molecule has 0 spiro atoms. The molecule has 7 aromatic rings. The van der Waals surface area contributed by atoms with E-state index < -0.39 is 0 Å². The molecular formula is C30H22N3+. The summed E-state index contributed by atoms with van der Waals surface area (Å²) in [5.41, 5.74) is 9.39. The lowest BCUT2D eigenvalue weighted by molar-refractivity contribution is -0.643. The van der Waals surface area contributed by atoms with Crippen molar-refractivity contribution in [3.63, 3.8) is 0 Å². The highest BCUT2D eigenvalue weighted by atomic mass is 15.0. The number of hydrogen-bond donors (Lipinski definition) is 0. The highest BCUT2D eigenvalue weighted by molar-refractivity contribution is 6.28. The van der Waals surface area contributed by atoms with Crippen molar-refractivity contribution in [3.8, 4) is 6.07 Å². The number of benzene rings is 4. The van der Waals surface area contributed by atoms with Gasteiger partial charge < -0.3 is 4.40 Å². The molecule has 7 rings (SSSR count). The summed E-state index contributed by atoms with van der Waals surface area (Å²) in [6.45, 7) is 6.67. The van der Waals surface area contributed by atoms with Gasteiger partial charge >= 0.3 is 0 Å². The Morgan fingerprint density at radius 1 is 0.758 bits per heavy atom. The number of pyridine rings is 2. The van der Waals surface area contributed by atoms with Crippen molar-refractivity contribution in [2.24, 2.45) is 7.05 Å². The minimum Gasteiger partial charge on any atom is -0.307 e. The van der Waals surface area contributed by atoms with E-state index in [0.29, 0.717) is 5.56 Å². The number of aryl methyl sites for hydroxylation is 4. The molecule has 3 heteroatoms. The van der Waals surface area contributed by atoms with Gasteiger partial charge in [-0.05, 0) is 60.2 Å². The van der Waals surface area contributed by atoms with Crippen molar-refractivity contribution in [2.75, 3.05) is 0 Å². The Kier molecular flexibility index (Phi) is 3.35. The average Bonchev–Trinajstić information content (AvgIpc) is 3.16. The Labute approximate surface area is 191 Å². The number of rotatable bonds is 0. The van der Waals surface area contributed by atoms with Gasteiger partial charge in [-0.25, -0.2) is 4.57 Å². The van der Waals surface area contributed by atoms with Crippen molar-refractivity contribution in [1.82, 2.24) is 4.40 Å². The molecule has 0 bridgehead atoms. The topological polar surface area (TPSA) is 32.1 Å². The Morgan fingerprint density at radius 3 is 2.36 bits per heavy atom. The van der Waals surface area contributed by atoms with Gasteiger partial charge in [0, 0.05) is 16.8 Å². The lowest BCUT2D eigenvalue weighted by Crippen LogP contribution is -2.29. The van der Waals surface area contributed by atoms with Gasteiger partial charge in [0.15, 0.2) is 6.20 Å². The molecule has 0 unspecified atom stereocenters. The van der Waals surface area contributed by atoms with E-state index in [0.717, 1.165) is 5.52 Å². The smallest absolute Gasteiger partial charge is 0.224 e. The lowest BCUT2D eigenvalue weighted by atomic mass is 9.92. The maximum atomic E-state index is 9.65. The zero-order valence-corrected chi connectivity index (χ0v) is 19.1. The summed E-state index contributed by atoms with van der Waals surface area (Å²) >= 11 is 0. The number of aromatic nitrogens is 2. The molecule has 3 aromatic heterocycles. The van der Waals surface area contributed by atoms with Crippen molar-refractivity contribution in [1.29, 1.82) is 5.26 Å². The van der Waals surface area contributed by atoms with Crippen molar-refractivity contribution < 1.29 is 4.57 Å². The number of hydrogen-bond acceptors (Lipinski definition) is 1. The van der Waals surface area contributed by atoms with Crippen LogP contribution in [0, 0.1) is 32.1 Å². The third-order valence-electron chi connectivity index (χ3n) is 7.57. The van der Waals surface area contributed by atoms with E-state index >= 15 is 0 Å². The maximum Gasteiger partial charge on any atom is 0.224 e. The lowest BCUT2D eigenvalue weighted by Gasteiger charge is -2.17. The summed E-state index contributed by atoms with van der Waals surface area (Å²) in [7, 11) is 2.15. The molecule has 0 fully saturated rings. The molecule has 0 N–H and O–H groups in total. The van der Waals surface area contributed by atoms with Gasteiger partial charge in [0.1, 0.15) is 7.05 Å². The fourth-order valence-electron chi connectivity index (χ4n) is 6.05. The van der Waals surface area contributed by atoms with E-state index in [-0.39, 0.29) is 0 Å². The summed E-state index contributed by atoms with van der Waals surface area (Å²) in [6, 6.07) is 21.9. The third-order valence-corrected chi connectivity index (χ3v) is 7.57. The quantitative estimate of drug-likeness (QED) is 0.150. The molecule has 0 atom stereocenters. The predicted octanol–water partition coefficient (Wildman–Crippen LogP) is 6.76. The largest absolute Gasteiger partial charge is 0.307 e. The van der Waals surface area contributed by atoms with Crippen LogP contribution < -0.4 is 4.57 Å². The second-order valence-corrected chi connectivity index (χ2v) is 9.40. The highest BCUT2D eigenvalue weighted by Crippen LogP contribution is 2.43. The monoisotopic (exact) mass is 424 g/mol. The number of nitriles is 1. The Balaban J connectivity index is 1.97. The summed E-state index contributed by atoms with van der Waals surface area (Å²) in [4.78, 5) is 0. The standard InChI is InChI=1S/C30H22N3/c1-16-5-8-21-18(3)28-26(17(2)24(21)13-16)30-27-20(11-12-32(30)4)7-10-23-22-9-6-19(15-31)14-25(22)33(28)29(23)27/h5-14H,1-4H3/q+1. The van der Waals surface area contributed by atoms with Crippen molar-refractivity contribution in [2.45, 2.75) is 20.8 Å². The van der Waals surface area contributed by atoms with E-state index in [1.807, 2.05) is 12.1 Å². The van der Waals surface area contributed by atoms with Crippen LogP contribution in [0.3, 0.4) is 0 Å². The van der Waals surface area contributed by atoms with E-state index in [1.54, 1.807) is 0 Å². The zero-order chi connectivity index (χ0) is 22.6. The van der Waals surface area contributed by atoms with E-state index in [2.05, 4.69) is 91.5 Å². The van der Waals surface area contributed by atoms with Crippen molar-refractivity contribution >= 4 is 59.8 Å². The second-order valence-electron chi connectivity index (χ2n) is 9.40. The van der Waals surface area contributed by atoms with Gasteiger partial charge in [0.05, 0.1) is 39.0 Å². The first kappa shape index (κ1) is 18.4. The van der Waals surface area contributed by atoms with Crippen LogP contribution >= 0.6 is 0 Å². The Hall–Kier alpha value is -4.16. The molecule has 33 heavy (non-hydrogen) atoms. The SMILES string of the molecule is Cc1ccc2c(C)c3c(c(C)c2c1)c1c2c(ccc4c5ccc(C#N)cc5n3c42)cc[n+]1C. The fraction of sp³-hybridized carbons (Fsp3) is 0.133. The van der Waals surface area contributed by atoms with Gasteiger partial charge in [0.2, 0.25) is 5.52 Å². The molecule has 0 saturated heterocycles. The second kappa shape index (κ2) is 5.99. The summed E-state index contributed by atoms with van der Waals surface area (Å²) in [6.07, 6.45) is 2.18. The minimum absolute atomic E-state index is 0.689. The minimum atomic E-state index is 0.689. The van der Waals surface area contributed by atoms with Crippen molar-refractivity contribution in [3.05, 3.63) is 83.0 Å². The highest BCUT2D eigenvalue weighted by Gasteiger charge is 2.26. The van der Waals surface area contributed by atoms with Crippen LogP contribution in [-0.2, 0) is 7.05 Å². The van der Waals surface area contributed by atoms with Crippen LogP contribution in [-0.4, -0.2) is 4.40 Å². The van der Waals surface area contributed by atoms with Gasteiger partial charge in [-0.15, -0.1) is 0 Å². The molecule has 0 aliphatic carbocycles. The molecule has 0 amide bonds. The number of nitrogens with zero attached hydrogens (tertiary/aromatic N) is 3. The molecule has 156 valence electrons. The molecule has 3 heterocycles. The van der Waals surface area contributed by atoms with Gasteiger partial charge in [0.25, 0.3) is 0 Å². The van der Waals surface area contributed by atoms with Gasteiger partial charge in [-0.1, -0.05) is 42.0 Å². The maximum absolute atomic E-state index is 9.65. The molecule has 0 aliphatic rings. The summed E-state index contributed by atoms with van der Waals surface area (Å²) in [5.74, 6) is 0. The normalized spacial score (nSPS) is 12.2. The van der Waals surface area contributed by atoms with Crippen LogP contribution in [0.25, 0.3) is 59.8 Å². The summed E-state index contributed by atoms with van der Waals surface area (Å²) in [5, 5.41) is 18.5. The fourth-order valence-corrected chi connectivity index (χ4v) is 6.05. The molecular weight excluding hydrogens is 402 g/mol. The van der Waals surface area contributed by atoms with Crippen LogP contribution in [0.15, 0.2) is 60.8 Å². The molecule has 4 aromatic carbocycles. The van der Waals surface area contributed by atoms with E-state index in [4.69, 9.17) is 0 Å². The van der Waals surface area contributed by atoms with Gasteiger partial charge in [-0.3, -0.25) is 0 Å². The Morgan fingerprint density at radius 2 is 1.55 bits per heavy atom. The first-order valence-electron chi connectivity index (χ1n) is 11.3. The first-order valence-corrected chi connectivity index (χ1v) is 11.3. The molecule has 0 radical (unpaired) electrons. The van der Waals surface area contributed by atoms with Crippen LogP contribution in [0.2, 0.25) is 0 Å². The molecule has 0 aliphatic heterocycles. The van der Waals surface area contributed by atoms with Gasteiger partial charge in [-0.2, -0.15) is 5.26 Å². The average molecular weight is 425 g/mol.